The van der Waals surface area contributed by atoms with Crippen LogP contribution in [0.3, 0.4) is 0 Å². The van der Waals surface area contributed by atoms with E-state index < -0.39 is 10.0 Å². The van der Waals surface area contributed by atoms with Crippen LogP contribution < -0.4 is 10.5 Å². The first-order valence-electron chi connectivity index (χ1n) is 8.06. The number of hydrogen-bond acceptors (Lipinski definition) is 3. The molecular weight excluding hydrogens is 296 g/mol. The maximum Gasteiger partial charge on any atom is 0.240 e. The maximum absolute atomic E-state index is 12.0. The van der Waals surface area contributed by atoms with Gasteiger partial charge in [0.2, 0.25) is 10.0 Å². The molecule has 0 fully saturated rings. The largest absolute Gasteiger partial charge is 0.330 e. The van der Waals surface area contributed by atoms with Gasteiger partial charge in [-0.25, -0.2) is 13.1 Å². The number of benzene rings is 1. The normalized spacial score (nSPS) is 12.0. The van der Waals surface area contributed by atoms with Crippen LogP contribution in [0.4, 0.5) is 0 Å². The van der Waals surface area contributed by atoms with Crippen molar-refractivity contribution in [2.24, 2.45) is 5.73 Å². The van der Waals surface area contributed by atoms with Crippen molar-refractivity contribution in [1.82, 2.24) is 4.72 Å². The third-order valence-corrected chi connectivity index (χ3v) is 4.86. The quantitative estimate of drug-likeness (QED) is 0.458. The Bertz CT molecular complexity index is 513. The van der Waals surface area contributed by atoms with E-state index in [9.17, 15) is 8.42 Å². The van der Waals surface area contributed by atoms with Gasteiger partial charge in [-0.1, -0.05) is 36.8 Å². The SMILES string of the molecule is NCCCCC=CCCCCCNS(=O)(=O)c1ccccc1. The monoisotopic (exact) mass is 324 g/mol. The van der Waals surface area contributed by atoms with Gasteiger partial charge in [-0.3, -0.25) is 0 Å². The molecule has 0 saturated carbocycles. The summed E-state index contributed by atoms with van der Waals surface area (Å²) in [6.45, 7) is 1.27. The highest BCUT2D eigenvalue weighted by molar-refractivity contribution is 7.89. The van der Waals surface area contributed by atoms with Gasteiger partial charge in [0.05, 0.1) is 4.90 Å². The molecule has 0 aliphatic heterocycles. The Balaban J connectivity index is 2.06. The second kappa shape index (κ2) is 11.4. The van der Waals surface area contributed by atoms with Gasteiger partial charge in [0.25, 0.3) is 0 Å². The molecule has 0 aliphatic carbocycles. The minimum atomic E-state index is -3.34. The molecule has 1 aromatic carbocycles. The van der Waals surface area contributed by atoms with Crippen LogP contribution in [0, 0.1) is 0 Å². The van der Waals surface area contributed by atoms with E-state index >= 15 is 0 Å². The fraction of sp³-hybridized carbons (Fsp3) is 0.529. The zero-order chi connectivity index (χ0) is 16.1. The average Bonchev–Trinajstić information content (AvgIpc) is 2.53. The predicted molar refractivity (Wildman–Crippen MR) is 92.1 cm³/mol. The molecule has 0 unspecified atom stereocenters. The zero-order valence-electron chi connectivity index (χ0n) is 13.2. The summed E-state index contributed by atoms with van der Waals surface area (Å²) in [5.74, 6) is 0. The Labute approximate surface area is 134 Å². The first-order valence-corrected chi connectivity index (χ1v) is 9.55. The molecule has 124 valence electrons. The summed E-state index contributed by atoms with van der Waals surface area (Å²) in [5.41, 5.74) is 5.43. The van der Waals surface area contributed by atoms with Crippen molar-refractivity contribution in [2.75, 3.05) is 13.1 Å². The van der Waals surface area contributed by atoms with Crippen molar-refractivity contribution in [2.45, 2.75) is 49.8 Å². The number of rotatable bonds is 12. The predicted octanol–water partition coefficient (Wildman–Crippen LogP) is 3.21. The van der Waals surface area contributed by atoms with E-state index in [2.05, 4.69) is 16.9 Å². The topological polar surface area (TPSA) is 72.2 Å². The van der Waals surface area contributed by atoms with E-state index in [4.69, 9.17) is 5.73 Å². The summed E-state index contributed by atoms with van der Waals surface area (Å²) in [5, 5.41) is 0. The number of sulfonamides is 1. The lowest BCUT2D eigenvalue weighted by Crippen LogP contribution is -2.24. The van der Waals surface area contributed by atoms with Crippen molar-refractivity contribution in [3.05, 3.63) is 42.5 Å². The second-order valence-corrected chi connectivity index (χ2v) is 7.08. The van der Waals surface area contributed by atoms with Crippen LogP contribution in [0.2, 0.25) is 0 Å². The van der Waals surface area contributed by atoms with Gasteiger partial charge in [-0.2, -0.15) is 0 Å². The Morgan fingerprint density at radius 3 is 2.18 bits per heavy atom. The lowest BCUT2D eigenvalue weighted by atomic mass is 10.1. The number of unbranched alkanes of at least 4 members (excludes halogenated alkanes) is 5. The highest BCUT2D eigenvalue weighted by Crippen LogP contribution is 2.08. The van der Waals surface area contributed by atoms with Crippen molar-refractivity contribution in [3.8, 4) is 0 Å². The molecule has 0 spiro atoms. The molecule has 0 radical (unpaired) electrons. The summed E-state index contributed by atoms with van der Waals surface area (Å²) in [7, 11) is -3.34. The van der Waals surface area contributed by atoms with E-state index in [0.29, 0.717) is 11.4 Å². The molecule has 22 heavy (non-hydrogen) atoms. The molecule has 1 aromatic rings. The molecule has 3 N–H and O–H groups in total. The second-order valence-electron chi connectivity index (χ2n) is 5.32. The number of hydrogen-bond donors (Lipinski definition) is 2. The third kappa shape index (κ3) is 8.32. The van der Waals surface area contributed by atoms with E-state index in [1.807, 2.05) is 6.07 Å². The van der Waals surface area contributed by atoms with Crippen LogP contribution >= 0.6 is 0 Å². The van der Waals surface area contributed by atoms with E-state index in [1.165, 1.54) is 0 Å². The van der Waals surface area contributed by atoms with E-state index in [0.717, 1.165) is 51.5 Å². The highest BCUT2D eigenvalue weighted by Gasteiger charge is 2.11. The van der Waals surface area contributed by atoms with Crippen LogP contribution in [0.15, 0.2) is 47.4 Å². The zero-order valence-corrected chi connectivity index (χ0v) is 14.0. The molecule has 0 aliphatic rings. The smallest absolute Gasteiger partial charge is 0.240 e. The van der Waals surface area contributed by atoms with Crippen LogP contribution in [0.5, 0.6) is 0 Å². The molecule has 0 atom stereocenters. The van der Waals surface area contributed by atoms with Gasteiger partial charge in [0.15, 0.2) is 0 Å². The van der Waals surface area contributed by atoms with Gasteiger partial charge in [0.1, 0.15) is 0 Å². The minimum absolute atomic E-state index is 0.329. The molecule has 0 amide bonds. The molecular formula is C17H28N2O2S. The molecule has 0 saturated heterocycles. The summed E-state index contributed by atoms with van der Waals surface area (Å²) in [6, 6.07) is 8.49. The fourth-order valence-electron chi connectivity index (χ4n) is 2.10. The van der Waals surface area contributed by atoms with Crippen molar-refractivity contribution in [1.29, 1.82) is 0 Å². The first kappa shape index (κ1) is 18.9. The molecule has 5 heteroatoms. The van der Waals surface area contributed by atoms with Crippen molar-refractivity contribution >= 4 is 10.0 Å². The van der Waals surface area contributed by atoms with Crippen LogP contribution in [0.1, 0.15) is 44.9 Å². The molecule has 0 bridgehead atoms. The molecule has 1 rings (SSSR count). The number of nitrogens with one attached hydrogen (secondary N) is 1. The van der Waals surface area contributed by atoms with Gasteiger partial charge in [-0.05, 0) is 57.2 Å². The molecule has 0 heterocycles. The number of nitrogens with two attached hydrogens (primary N) is 1. The summed E-state index contributed by atoms with van der Waals surface area (Å²) in [4.78, 5) is 0.329. The Morgan fingerprint density at radius 2 is 1.55 bits per heavy atom. The van der Waals surface area contributed by atoms with Gasteiger partial charge in [-0.15, -0.1) is 0 Å². The van der Waals surface area contributed by atoms with Gasteiger partial charge < -0.3 is 5.73 Å². The lowest BCUT2D eigenvalue weighted by molar-refractivity contribution is 0.574. The molecule has 4 nitrogen and oxygen atoms in total. The Kier molecular flexibility index (Phi) is 9.79. The van der Waals surface area contributed by atoms with E-state index in [1.54, 1.807) is 24.3 Å². The van der Waals surface area contributed by atoms with E-state index in [-0.39, 0.29) is 0 Å². The molecule has 0 aromatic heterocycles. The summed E-state index contributed by atoms with van der Waals surface area (Å²) >= 11 is 0. The minimum Gasteiger partial charge on any atom is -0.330 e. The fourth-order valence-corrected chi connectivity index (χ4v) is 3.19. The van der Waals surface area contributed by atoms with Gasteiger partial charge >= 0.3 is 0 Å². The summed E-state index contributed by atoms with van der Waals surface area (Å²) < 4.78 is 26.6. The van der Waals surface area contributed by atoms with Crippen LogP contribution in [0.25, 0.3) is 0 Å². The maximum atomic E-state index is 12.0. The summed E-state index contributed by atoms with van der Waals surface area (Å²) in [6.07, 6.45) is 11.8. The Hall–Kier alpha value is -1.17. The van der Waals surface area contributed by atoms with Crippen LogP contribution in [-0.2, 0) is 10.0 Å². The number of allylic oxidation sites excluding steroid dienone is 2. The third-order valence-electron chi connectivity index (χ3n) is 3.38. The van der Waals surface area contributed by atoms with Crippen molar-refractivity contribution in [3.63, 3.8) is 0 Å². The van der Waals surface area contributed by atoms with Gasteiger partial charge in [0, 0.05) is 6.54 Å². The first-order chi connectivity index (χ1) is 10.7. The Morgan fingerprint density at radius 1 is 0.909 bits per heavy atom. The standard InChI is InChI=1S/C17H28N2O2S/c18-15-11-6-4-2-1-3-5-7-12-16-19-22(20,21)17-13-9-8-10-14-17/h1-2,8-10,13-14,19H,3-7,11-12,15-16,18H2. The highest BCUT2D eigenvalue weighted by atomic mass is 32.2. The van der Waals surface area contributed by atoms with Crippen molar-refractivity contribution < 1.29 is 8.42 Å². The van der Waals surface area contributed by atoms with Crippen LogP contribution in [-0.4, -0.2) is 21.5 Å². The average molecular weight is 324 g/mol. The lowest BCUT2D eigenvalue weighted by Gasteiger charge is -2.06.